The van der Waals surface area contributed by atoms with Gasteiger partial charge in [0.2, 0.25) is 52.0 Å². The molecule has 0 saturated carbocycles. The van der Waals surface area contributed by atoms with Gasteiger partial charge in [-0.05, 0) is 0 Å². The number of hydrogen-bond acceptors (Lipinski definition) is 45. The van der Waals surface area contributed by atoms with E-state index in [4.69, 9.17) is 29.2 Å². The van der Waals surface area contributed by atoms with Crippen LogP contribution in [0, 0.1) is 0 Å². The van der Waals surface area contributed by atoms with Crippen LogP contribution < -0.4 is 320 Å². The summed E-state index contributed by atoms with van der Waals surface area (Å²) in [5.74, 6) is -2.87. The Kier molecular flexibility index (Phi) is 89.2. The van der Waals surface area contributed by atoms with Gasteiger partial charge in [-0.25, -0.2) is 81.5 Å². The number of aliphatic hydroxyl groups excluding tert-OH is 6. The number of aliphatic hydroxyl groups is 6. The number of rotatable bonds is 22. The molecule has 5 heterocycles. The van der Waals surface area contributed by atoms with Crippen LogP contribution in [0.1, 0.15) is 25.7 Å². The second-order valence-electron chi connectivity index (χ2n) is 17.3. The minimum absolute atomic E-state index is 0. The van der Waals surface area contributed by atoms with Crippen LogP contribution >= 0.6 is 0 Å². The van der Waals surface area contributed by atoms with E-state index < -0.39 is 245 Å². The van der Waals surface area contributed by atoms with E-state index in [0.717, 1.165) is 7.11 Å². The standard InChI is InChI=1S/C7H15NO10S2.C6H13NO12S3.C6H13NO10S2.C6H10O8S.C6H10O5.10Na.4H2O/c1-16-7-6(8-19(10,11)12)5(9)2-4(18-7)3-17-20(13,14)15;8-20(9,10)7-5-3-17-4(2-18-21(11,12)13)1-6(5)19-22(14,15)16;8-5-3(7-18(10,11)12)1-16-4(6(5)9)2-17-19(13,14)15;7-3-1-4(6(8)9)13-2-5(3)14-15(10,11)12;7-3-1-5(6(9)10)11-2-4(3)8;;;;;;;;;;;;;;/h4-9H,2-3H2,1H3,(H,10,11,12)(H,13,14,15);4-7H,1-3H2,(H,8,9,10)(H,11,12,13)(H,14,15,16);3-9H,1-2H2,(H,10,11,12)(H,13,14,15);3-5,7H,1-2H2,(H,8,9)(H,10,11,12);3-5,7-8H,1-2H2,(H,9,10);;;;;;;;;;;4*1H2/q;;;;;10*+1;;;;/p-10. The summed E-state index contributed by atoms with van der Waals surface area (Å²) in [6.07, 6.45) is -19.9. The normalized spacial score (nSPS) is 27.7. The van der Waals surface area contributed by atoms with Gasteiger partial charge in [0.05, 0.1) is 125 Å². The number of ether oxygens (including phenoxy) is 6. The van der Waals surface area contributed by atoms with Crippen molar-refractivity contribution in [1.29, 1.82) is 0 Å². The zero-order valence-electron chi connectivity index (χ0n) is 55.0. The molecule has 101 heavy (non-hydrogen) atoms. The minimum atomic E-state index is -5.24. The van der Waals surface area contributed by atoms with Crippen molar-refractivity contribution in [3.05, 3.63) is 0 Å². The maximum Gasteiger partial charge on any atom is 1.00 e. The largest absolute Gasteiger partial charge is 1.00 e. The molecule has 5 fully saturated rings. The van der Waals surface area contributed by atoms with E-state index in [9.17, 15) is 144 Å². The average Bonchev–Trinajstić information content (AvgIpc) is 0.844. The fourth-order valence-corrected chi connectivity index (χ4v) is 10.6. The van der Waals surface area contributed by atoms with E-state index in [1.165, 1.54) is 9.44 Å². The van der Waals surface area contributed by atoms with Gasteiger partial charge in [-0.15, -0.1) is 0 Å². The van der Waals surface area contributed by atoms with Crippen molar-refractivity contribution in [2.75, 3.05) is 53.4 Å². The van der Waals surface area contributed by atoms with Gasteiger partial charge in [0.15, 0.2) is 37.2 Å². The summed E-state index contributed by atoms with van der Waals surface area (Å²) in [6.45, 7) is -4.09. The van der Waals surface area contributed by atoms with Crippen molar-refractivity contribution < 1.29 is 521 Å². The van der Waals surface area contributed by atoms with Crippen molar-refractivity contribution >= 4 is 94.8 Å². The zero-order chi connectivity index (χ0) is 67.6. The Morgan fingerprint density at radius 1 is 0.406 bits per heavy atom. The molecule has 0 spiro atoms. The van der Waals surface area contributed by atoms with E-state index in [1.54, 1.807) is 4.72 Å². The predicted molar refractivity (Wildman–Crippen MR) is 260 cm³/mol. The van der Waals surface area contributed by atoms with Gasteiger partial charge < -0.3 is 137 Å². The number of nitrogens with one attached hydrogen (secondary N) is 3. The fraction of sp³-hybridized carbons (Fsp3) is 0.935. The summed E-state index contributed by atoms with van der Waals surface area (Å²) in [4.78, 5) is 20.5. The molecule has 17 N–H and O–H groups in total. The van der Waals surface area contributed by atoms with Crippen LogP contribution in [0.5, 0.6) is 0 Å². The van der Waals surface area contributed by atoms with E-state index in [0.29, 0.717) is 0 Å². The maximum absolute atomic E-state index is 10.6. The van der Waals surface area contributed by atoms with Gasteiger partial charge in [0.25, 0.3) is 0 Å². The summed E-state index contributed by atoms with van der Waals surface area (Å²) in [7, 11) is -38.7. The Morgan fingerprint density at radius 3 is 1.14 bits per heavy atom. The zero-order valence-corrected chi connectivity index (χ0v) is 81.5. The van der Waals surface area contributed by atoms with Crippen molar-refractivity contribution in [2.45, 2.75) is 129 Å². The Balaban J connectivity index is -0.0000000764. The molecule has 5 aliphatic heterocycles. The predicted octanol–water partition coefficient (Wildman–Crippen LogP) is -49.8. The van der Waals surface area contributed by atoms with Crippen molar-refractivity contribution in [1.82, 2.24) is 14.2 Å². The molecule has 52 nitrogen and oxygen atoms in total. The molecule has 5 rings (SSSR count). The molecule has 0 bridgehead atoms. The molecule has 17 unspecified atom stereocenters. The summed E-state index contributed by atoms with van der Waals surface area (Å²) in [6, 6.07) is -4.24. The Hall–Kier alpha value is 7.26. The number of carboxylic acid groups (broad SMARTS) is 2. The van der Waals surface area contributed by atoms with Gasteiger partial charge in [-0.2, -0.15) is 0 Å². The first-order chi connectivity index (χ1) is 39.2. The van der Waals surface area contributed by atoms with E-state index in [2.05, 4.69) is 30.4 Å². The smallest absolute Gasteiger partial charge is 0.735 e. The second kappa shape index (κ2) is 64.3. The molecular weight excluding hydrogens is 1680 g/mol. The van der Waals surface area contributed by atoms with Crippen LogP contribution in [-0.2, 0) is 142 Å². The third-order valence-electron chi connectivity index (χ3n) is 10.6. The van der Waals surface area contributed by atoms with Crippen LogP contribution in [-0.4, -0.2) is 325 Å². The third kappa shape index (κ3) is 67.9. The fourth-order valence-electron chi connectivity index (χ4n) is 6.94. The SMILES string of the molecule is COC1OC(COS(=O)(=O)[O-])CC(O)C1NS(=O)(=O)[O-].O.O.O.O.O=C([O-])C1CC(O)C(O)CO1.O=C([O-])C1CC(O)C(OS(=O)(=O)[O-])CO1.O=S(=O)([O-])NC1COC(COS(=O)(=O)[O-])C(O)C1O.O=S(=O)([O-])NC1COC(COS(=O)(=O)[O-])CC1OS(=O)(=O)[O-].[Na+].[Na+].[Na+].[Na+].[Na+].[Na+].[Na+].[Na+].[Na+].[Na+]. The van der Waals surface area contributed by atoms with Crippen LogP contribution in [0.2, 0.25) is 0 Å². The molecule has 550 valence electrons. The van der Waals surface area contributed by atoms with Crippen LogP contribution in [0.25, 0.3) is 0 Å². The Morgan fingerprint density at radius 2 is 0.772 bits per heavy atom. The molecule has 0 aromatic rings. The molecule has 5 aliphatic rings. The number of aliphatic carboxylic acids is 2. The molecule has 0 aliphatic carbocycles. The molecule has 0 aromatic carbocycles. The van der Waals surface area contributed by atoms with Crippen LogP contribution in [0.3, 0.4) is 0 Å². The molecule has 70 heteroatoms. The number of carbonyl (C=O) groups excluding carboxylic acids is 2. The van der Waals surface area contributed by atoms with E-state index in [-0.39, 0.29) is 343 Å². The second-order valence-corrected chi connectivity index (χ2v) is 25.9. The molecular formula is C31H59N3Na10O49S8. The first-order valence-electron chi connectivity index (χ1n) is 22.6. The topological polar surface area (TPSA) is 923 Å². The van der Waals surface area contributed by atoms with Gasteiger partial charge >= 0.3 is 296 Å². The summed E-state index contributed by atoms with van der Waals surface area (Å²) < 4.78 is 303. The van der Waals surface area contributed by atoms with Gasteiger partial charge in [-0.1, -0.05) is 0 Å². The van der Waals surface area contributed by atoms with Crippen molar-refractivity contribution in [2.24, 2.45) is 0 Å². The van der Waals surface area contributed by atoms with Crippen molar-refractivity contribution in [3.8, 4) is 0 Å². The summed E-state index contributed by atoms with van der Waals surface area (Å²) in [5.41, 5.74) is 0. The monoisotopic (exact) mass is 1740 g/mol. The Bertz CT molecular complexity index is 3170. The van der Waals surface area contributed by atoms with Gasteiger partial charge in [0.1, 0.15) is 30.5 Å². The first-order valence-corrected chi connectivity index (χ1v) is 33.5. The molecule has 17 atom stereocenters. The molecule has 0 radical (unpaired) electrons. The number of carbonyl (C=O) groups is 2. The van der Waals surface area contributed by atoms with Gasteiger partial charge in [0, 0.05) is 32.8 Å². The maximum atomic E-state index is 10.6. The van der Waals surface area contributed by atoms with E-state index in [1.807, 2.05) is 0 Å². The first kappa shape index (κ1) is 140. The minimum Gasteiger partial charge on any atom is -0.735 e. The van der Waals surface area contributed by atoms with Crippen molar-refractivity contribution in [3.63, 3.8) is 0 Å². The van der Waals surface area contributed by atoms with Crippen LogP contribution in [0.4, 0.5) is 0 Å². The molecule has 0 aromatic heterocycles. The van der Waals surface area contributed by atoms with E-state index >= 15 is 0 Å². The summed E-state index contributed by atoms with van der Waals surface area (Å²) >= 11 is 0. The van der Waals surface area contributed by atoms with Crippen LogP contribution in [0.15, 0.2) is 0 Å². The third-order valence-corrected chi connectivity index (χ3v) is 14.6. The quantitative estimate of drug-likeness (QED) is 0.0276. The molecule has 0 amide bonds. The Labute approximate surface area is 799 Å². The average molecular weight is 1740 g/mol. The number of carboxylic acids is 2. The summed E-state index contributed by atoms with van der Waals surface area (Å²) in [5, 5.41) is 76.4. The number of methoxy groups -OCH3 is 1. The van der Waals surface area contributed by atoms with Gasteiger partial charge in [-0.3, -0.25) is 20.9 Å². The number of hydrogen-bond donors (Lipinski definition) is 9. The molecule has 5 saturated heterocycles.